The van der Waals surface area contributed by atoms with E-state index in [0.29, 0.717) is 11.4 Å². The maximum atomic E-state index is 13.8. The van der Waals surface area contributed by atoms with Crippen LogP contribution in [0.15, 0.2) is 72.9 Å². The summed E-state index contributed by atoms with van der Waals surface area (Å²) in [6.07, 6.45) is 6.16. The zero-order valence-corrected chi connectivity index (χ0v) is 19.1. The summed E-state index contributed by atoms with van der Waals surface area (Å²) in [7, 11) is 0. The SMILES string of the molecule is CCc1ccc(CCc2cc(C=O)c3ccnc(NC(CC)c4cccc(F)c4)c3c2)cc1. The van der Waals surface area contributed by atoms with Gasteiger partial charge in [-0.2, -0.15) is 0 Å². The van der Waals surface area contributed by atoms with E-state index < -0.39 is 0 Å². The normalized spacial score (nSPS) is 12.0. The van der Waals surface area contributed by atoms with Crippen molar-refractivity contribution in [1.82, 2.24) is 4.98 Å². The summed E-state index contributed by atoms with van der Waals surface area (Å²) in [5.41, 5.74) is 5.24. The van der Waals surface area contributed by atoms with Gasteiger partial charge >= 0.3 is 0 Å². The maximum Gasteiger partial charge on any atom is 0.150 e. The molecule has 1 N–H and O–H groups in total. The number of benzene rings is 3. The van der Waals surface area contributed by atoms with Crippen molar-refractivity contribution in [3.05, 3.63) is 107 Å². The second kappa shape index (κ2) is 10.4. The number of aryl methyl sites for hydroxylation is 3. The zero-order valence-electron chi connectivity index (χ0n) is 19.1. The molecule has 1 aromatic heterocycles. The van der Waals surface area contributed by atoms with E-state index in [9.17, 15) is 9.18 Å². The van der Waals surface area contributed by atoms with Crippen molar-refractivity contribution in [3.8, 4) is 0 Å². The number of aromatic nitrogens is 1. The fraction of sp³-hybridized carbons (Fsp3) is 0.241. The molecule has 0 bridgehead atoms. The lowest BCUT2D eigenvalue weighted by Crippen LogP contribution is -2.11. The highest BCUT2D eigenvalue weighted by molar-refractivity contribution is 6.02. The summed E-state index contributed by atoms with van der Waals surface area (Å²) >= 11 is 0. The summed E-state index contributed by atoms with van der Waals surface area (Å²) in [5.74, 6) is 0.456. The molecule has 0 aliphatic carbocycles. The molecule has 168 valence electrons. The molecule has 0 aliphatic rings. The number of carbonyl (C=O) groups excluding carboxylic acids is 1. The first-order valence-electron chi connectivity index (χ1n) is 11.6. The van der Waals surface area contributed by atoms with Crippen molar-refractivity contribution in [2.75, 3.05) is 5.32 Å². The number of aldehydes is 1. The molecule has 0 amide bonds. The molecule has 1 heterocycles. The van der Waals surface area contributed by atoms with Crippen LogP contribution in [0.25, 0.3) is 10.8 Å². The predicted octanol–water partition coefficient (Wildman–Crippen LogP) is 7.10. The third-order valence-corrected chi connectivity index (χ3v) is 6.20. The Morgan fingerprint density at radius 1 is 0.909 bits per heavy atom. The van der Waals surface area contributed by atoms with E-state index in [0.717, 1.165) is 53.9 Å². The lowest BCUT2D eigenvalue weighted by molar-refractivity contribution is 0.112. The zero-order chi connectivity index (χ0) is 23.2. The van der Waals surface area contributed by atoms with Crippen LogP contribution < -0.4 is 5.32 Å². The molecule has 0 radical (unpaired) electrons. The van der Waals surface area contributed by atoms with Gasteiger partial charge in [0.05, 0.1) is 6.04 Å². The van der Waals surface area contributed by atoms with E-state index in [-0.39, 0.29) is 11.9 Å². The Kier molecular flexibility index (Phi) is 7.13. The Morgan fingerprint density at radius 3 is 2.36 bits per heavy atom. The molecule has 4 rings (SSSR count). The first-order valence-corrected chi connectivity index (χ1v) is 11.6. The number of hydrogen-bond donors (Lipinski definition) is 1. The van der Waals surface area contributed by atoms with E-state index >= 15 is 0 Å². The second-order valence-corrected chi connectivity index (χ2v) is 8.39. The lowest BCUT2D eigenvalue weighted by atomic mass is 9.97. The van der Waals surface area contributed by atoms with E-state index in [2.05, 4.69) is 54.5 Å². The Morgan fingerprint density at radius 2 is 1.67 bits per heavy atom. The molecule has 1 atom stereocenters. The molecule has 33 heavy (non-hydrogen) atoms. The van der Waals surface area contributed by atoms with Crippen LogP contribution in [-0.4, -0.2) is 11.3 Å². The largest absolute Gasteiger partial charge is 0.363 e. The van der Waals surface area contributed by atoms with E-state index in [1.807, 2.05) is 18.2 Å². The number of pyridine rings is 1. The molecule has 0 spiro atoms. The number of hydrogen-bond acceptors (Lipinski definition) is 3. The minimum Gasteiger partial charge on any atom is -0.363 e. The van der Waals surface area contributed by atoms with Crippen LogP contribution >= 0.6 is 0 Å². The summed E-state index contributed by atoms with van der Waals surface area (Å²) < 4.78 is 13.8. The van der Waals surface area contributed by atoms with Crippen molar-refractivity contribution in [3.63, 3.8) is 0 Å². The van der Waals surface area contributed by atoms with Gasteiger partial charge in [-0.1, -0.05) is 50.2 Å². The van der Waals surface area contributed by atoms with Gasteiger partial charge in [-0.05, 0) is 83.7 Å². The van der Waals surface area contributed by atoms with Crippen molar-refractivity contribution in [2.45, 2.75) is 45.6 Å². The van der Waals surface area contributed by atoms with Crippen molar-refractivity contribution in [2.24, 2.45) is 0 Å². The fourth-order valence-electron chi connectivity index (χ4n) is 4.27. The molecule has 4 heteroatoms. The summed E-state index contributed by atoms with van der Waals surface area (Å²) in [5, 5.41) is 5.27. The van der Waals surface area contributed by atoms with Crippen molar-refractivity contribution >= 4 is 22.9 Å². The minimum absolute atomic E-state index is 0.0841. The molecule has 1 unspecified atom stereocenters. The van der Waals surface area contributed by atoms with Crippen LogP contribution in [0.1, 0.15) is 58.9 Å². The summed E-state index contributed by atoms with van der Waals surface area (Å²) in [4.78, 5) is 16.5. The van der Waals surface area contributed by atoms with Gasteiger partial charge in [0.2, 0.25) is 0 Å². The van der Waals surface area contributed by atoms with Crippen molar-refractivity contribution < 1.29 is 9.18 Å². The quantitative estimate of drug-likeness (QED) is 0.282. The molecule has 4 aromatic rings. The number of nitrogens with one attached hydrogen (secondary N) is 1. The molecule has 3 nitrogen and oxygen atoms in total. The minimum atomic E-state index is -0.254. The standard InChI is InChI=1S/C29H29FN2O/c1-3-20-8-10-21(11-9-20)12-13-22-16-24(19-33)26-14-15-31-29(27(26)17-22)32-28(4-2)23-6-5-7-25(30)18-23/h5-11,14-19,28H,3-4,12-13H2,1-2H3,(H,31,32). The van der Waals surface area contributed by atoms with Gasteiger partial charge < -0.3 is 5.32 Å². The first-order chi connectivity index (χ1) is 16.1. The Bertz CT molecular complexity index is 1250. The van der Waals surface area contributed by atoms with Crippen molar-refractivity contribution in [1.29, 1.82) is 0 Å². The second-order valence-electron chi connectivity index (χ2n) is 8.39. The average molecular weight is 441 g/mol. The molecule has 0 saturated carbocycles. The van der Waals surface area contributed by atoms with Gasteiger partial charge in [0, 0.05) is 17.1 Å². The van der Waals surface area contributed by atoms with E-state index in [1.165, 1.54) is 17.2 Å². The smallest absolute Gasteiger partial charge is 0.150 e. The first kappa shape index (κ1) is 22.7. The van der Waals surface area contributed by atoms with Gasteiger partial charge in [0.1, 0.15) is 11.6 Å². The number of anilines is 1. The van der Waals surface area contributed by atoms with Gasteiger partial charge in [-0.3, -0.25) is 4.79 Å². The highest BCUT2D eigenvalue weighted by Crippen LogP contribution is 2.30. The van der Waals surface area contributed by atoms with E-state index in [1.54, 1.807) is 18.3 Å². The molecular formula is C29H29FN2O. The monoisotopic (exact) mass is 440 g/mol. The maximum absolute atomic E-state index is 13.8. The van der Waals surface area contributed by atoms with E-state index in [4.69, 9.17) is 0 Å². The van der Waals surface area contributed by atoms with Crippen LogP contribution in [0.4, 0.5) is 10.2 Å². The number of rotatable bonds is 9. The third-order valence-electron chi connectivity index (χ3n) is 6.20. The fourth-order valence-corrected chi connectivity index (χ4v) is 4.27. The number of nitrogens with zero attached hydrogens (tertiary/aromatic N) is 1. The van der Waals surface area contributed by atoms with Crippen LogP contribution in [0.5, 0.6) is 0 Å². The van der Waals surface area contributed by atoms with Gasteiger partial charge in [0.25, 0.3) is 0 Å². The van der Waals surface area contributed by atoms with Gasteiger partial charge in [0.15, 0.2) is 6.29 Å². The Labute approximate surface area is 194 Å². The topological polar surface area (TPSA) is 42.0 Å². The third kappa shape index (κ3) is 5.28. The Balaban J connectivity index is 1.65. The van der Waals surface area contributed by atoms with Crippen LogP contribution in [0.2, 0.25) is 0 Å². The number of halogens is 1. The van der Waals surface area contributed by atoms with Crippen LogP contribution in [0, 0.1) is 5.82 Å². The molecule has 3 aromatic carbocycles. The summed E-state index contributed by atoms with van der Waals surface area (Å²) in [6, 6.07) is 21.2. The Hall–Kier alpha value is -3.53. The average Bonchev–Trinajstić information content (AvgIpc) is 2.85. The molecule has 0 aliphatic heterocycles. The molecule has 0 saturated heterocycles. The molecular weight excluding hydrogens is 411 g/mol. The lowest BCUT2D eigenvalue weighted by Gasteiger charge is -2.20. The van der Waals surface area contributed by atoms with Gasteiger partial charge in [-0.15, -0.1) is 0 Å². The van der Waals surface area contributed by atoms with Crippen LogP contribution in [0.3, 0.4) is 0 Å². The van der Waals surface area contributed by atoms with Gasteiger partial charge in [-0.25, -0.2) is 9.37 Å². The highest BCUT2D eigenvalue weighted by Gasteiger charge is 2.14. The predicted molar refractivity (Wildman–Crippen MR) is 133 cm³/mol. The number of fused-ring (bicyclic) bond motifs is 1. The molecule has 0 fully saturated rings. The summed E-state index contributed by atoms with van der Waals surface area (Å²) in [6.45, 7) is 4.21. The van der Waals surface area contributed by atoms with Crippen LogP contribution in [-0.2, 0) is 19.3 Å². The number of carbonyl (C=O) groups is 1. The highest BCUT2D eigenvalue weighted by atomic mass is 19.1.